The van der Waals surface area contributed by atoms with Crippen LogP contribution in [0.3, 0.4) is 0 Å². The van der Waals surface area contributed by atoms with Gasteiger partial charge >= 0.3 is 0 Å². The molecule has 2 atom stereocenters. The van der Waals surface area contributed by atoms with Crippen molar-refractivity contribution in [2.45, 2.75) is 32.2 Å². The molecule has 1 aliphatic rings. The van der Waals surface area contributed by atoms with E-state index in [9.17, 15) is 9.59 Å². The highest BCUT2D eigenvalue weighted by atomic mass is 16.2. The minimum atomic E-state index is -0.442. The van der Waals surface area contributed by atoms with Crippen molar-refractivity contribution >= 4 is 17.5 Å². The highest BCUT2D eigenvalue weighted by molar-refractivity contribution is 6.01. The number of rotatable bonds is 7. The second kappa shape index (κ2) is 8.82. The lowest BCUT2D eigenvalue weighted by Crippen LogP contribution is -2.41. The van der Waals surface area contributed by atoms with E-state index >= 15 is 0 Å². The molecule has 2 aromatic rings. The number of likely N-dealkylation sites (N-methyl/N-ethyl adjacent to an activating group) is 1. The third kappa shape index (κ3) is 4.37. The summed E-state index contributed by atoms with van der Waals surface area (Å²) >= 11 is 0. The van der Waals surface area contributed by atoms with Crippen LogP contribution in [0.1, 0.15) is 43.4 Å². The van der Waals surface area contributed by atoms with Crippen LogP contribution in [-0.4, -0.2) is 36.3 Å². The fourth-order valence-electron chi connectivity index (χ4n) is 3.76. The minimum absolute atomic E-state index is 0.0922. The van der Waals surface area contributed by atoms with Crippen molar-refractivity contribution in [2.75, 3.05) is 25.0 Å². The van der Waals surface area contributed by atoms with Gasteiger partial charge in [0.05, 0.1) is 12.0 Å². The molecule has 27 heavy (non-hydrogen) atoms. The average molecular weight is 365 g/mol. The van der Waals surface area contributed by atoms with E-state index < -0.39 is 5.92 Å². The van der Waals surface area contributed by atoms with Gasteiger partial charge in [-0.05, 0) is 30.3 Å². The van der Waals surface area contributed by atoms with E-state index in [1.165, 1.54) is 5.56 Å². The molecular weight excluding hydrogens is 338 g/mol. The Kier molecular flexibility index (Phi) is 6.24. The standard InChI is InChI=1S/C22H27N3O2/c1-3-25(4-2)20(16-10-6-5-7-11-16)15-23-22(27)18-14-21(26)24-19-13-9-8-12-17(18)19/h5-13,18,20H,3-4,14-15H2,1-2H3,(H,23,27)(H,24,26). The van der Waals surface area contributed by atoms with Gasteiger partial charge in [0.1, 0.15) is 0 Å². The Bertz CT molecular complexity index is 787. The van der Waals surface area contributed by atoms with Crippen molar-refractivity contribution < 1.29 is 9.59 Å². The van der Waals surface area contributed by atoms with E-state index in [4.69, 9.17) is 0 Å². The van der Waals surface area contributed by atoms with E-state index in [1.807, 2.05) is 42.5 Å². The summed E-state index contributed by atoms with van der Waals surface area (Å²) < 4.78 is 0. The first-order valence-electron chi connectivity index (χ1n) is 9.59. The predicted octanol–water partition coefficient (Wildman–Crippen LogP) is 3.31. The first-order valence-corrected chi connectivity index (χ1v) is 9.59. The number of fused-ring (bicyclic) bond motifs is 1. The summed E-state index contributed by atoms with van der Waals surface area (Å²) in [5, 5.41) is 5.95. The van der Waals surface area contributed by atoms with Gasteiger partial charge in [0.2, 0.25) is 11.8 Å². The quantitative estimate of drug-likeness (QED) is 0.791. The van der Waals surface area contributed by atoms with E-state index in [-0.39, 0.29) is 24.3 Å². The number of hydrogen-bond acceptors (Lipinski definition) is 3. The number of amides is 2. The largest absolute Gasteiger partial charge is 0.354 e. The molecule has 0 aliphatic carbocycles. The van der Waals surface area contributed by atoms with E-state index in [2.05, 4.69) is 41.5 Å². The lowest BCUT2D eigenvalue weighted by atomic mass is 9.89. The zero-order valence-electron chi connectivity index (χ0n) is 15.9. The van der Waals surface area contributed by atoms with Crippen molar-refractivity contribution in [1.29, 1.82) is 0 Å². The maximum atomic E-state index is 12.9. The number of para-hydroxylation sites is 1. The van der Waals surface area contributed by atoms with Gasteiger partial charge in [0.15, 0.2) is 0 Å². The number of benzene rings is 2. The Labute approximate surface area is 160 Å². The summed E-state index contributed by atoms with van der Waals surface area (Å²) in [4.78, 5) is 27.3. The second-order valence-electron chi connectivity index (χ2n) is 6.78. The van der Waals surface area contributed by atoms with Gasteiger partial charge in [-0.25, -0.2) is 0 Å². The van der Waals surface area contributed by atoms with Crippen molar-refractivity contribution in [1.82, 2.24) is 10.2 Å². The highest BCUT2D eigenvalue weighted by Gasteiger charge is 2.31. The Morgan fingerprint density at radius 3 is 2.48 bits per heavy atom. The average Bonchev–Trinajstić information content (AvgIpc) is 2.70. The number of nitrogens with one attached hydrogen (secondary N) is 2. The Morgan fingerprint density at radius 1 is 1.11 bits per heavy atom. The summed E-state index contributed by atoms with van der Waals surface area (Å²) in [6.45, 7) is 6.58. The van der Waals surface area contributed by atoms with Gasteiger partial charge in [0, 0.05) is 18.7 Å². The number of carbonyl (C=O) groups is 2. The maximum Gasteiger partial charge on any atom is 0.228 e. The summed E-state index contributed by atoms with van der Waals surface area (Å²) in [5.74, 6) is -0.648. The van der Waals surface area contributed by atoms with E-state index in [1.54, 1.807) is 0 Å². The van der Waals surface area contributed by atoms with Crippen LogP contribution in [0.2, 0.25) is 0 Å². The van der Waals surface area contributed by atoms with E-state index in [0.717, 1.165) is 24.3 Å². The number of hydrogen-bond donors (Lipinski definition) is 2. The molecule has 0 saturated heterocycles. The fourth-order valence-corrected chi connectivity index (χ4v) is 3.76. The number of anilines is 1. The third-order valence-corrected chi connectivity index (χ3v) is 5.22. The van der Waals surface area contributed by atoms with Crippen LogP contribution in [-0.2, 0) is 9.59 Å². The van der Waals surface area contributed by atoms with Gasteiger partial charge in [-0.15, -0.1) is 0 Å². The second-order valence-corrected chi connectivity index (χ2v) is 6.78. The summed E-state index contributed by atoms with van der Waals surface area (Å²) in [5.41, 5.74) is 2.80. The lowest BCUT2D eigenvalue weighted by molar-refractivity contribution is -0.126. The Balaban J connectivity index is 1.76. The van der Waals surface area contributed by atoms with Gasteiger partial charge < -0.3 is 10.6 Å². The van der Waals surface area contributed by atoms with Crippen LogP contribution in [0.25, 0.3) is 0 Å². The lowest BCUT2D eigenvalue weighted by Gasteiger charge is -2.31. The van der Waals surface area contributed by atoms with Crippen molar-refractivity contribution in [2.24, 2.45) is 0 Å². The number of nitrogens with zero attached hydrogens (tertiary/aromatic N) is 1. The molecule has 0 aromatic heterocycles. The summed E-state index contributed by atoms with van der Waals surface area (Å²) in [7, 11) is 0. The topological polar surface area (TPSA) is 61.4 Å². The zero-order chi connectivity index (χ0) is 19.2. The minimum Gasteiger partial charge on any atom is -0.354 e. The van der Waals surface area contributed by atoms with Crippen molar-refractivity contribution in [3.63, 3.8) is 0 Å². The fraction of sp³-hybridized carbons (Fsp3) is 0.364. The molecule has 0 spiro atoms. The van der Waals surface area contributed by atoms with Gasteiger partial charge in [0.25, 0.3) is 0 Å². The van der Waals surface area contributed by atoms with E-state index in [0.29, 0.717) is 6.54 Å². The van der Waals surface area contributed by atoms with Crippen LogP contribution in [0.4, 0.5) is 5.69 Å². The highest BCUT2D eigenvalue weighted by Crippen LogP contribution is 2.32. The monoisotopic (exact) mass is 365 g/mol. The smallest absolute Gasteiger partial charge is 0.228 e. The molecule has 0 fully saturated rings. The van der Waals surface area contributed by atoms with Crippen molar-refractivity contribution in [3.05, 3.63) is 65.7 Å². The normalized spacial score (nSPS) is 17.1. The van der Waals surface area contributed by atoms with Gasteiger partial charge in [-0.1, -0.05) is 62.4 Å². The van der Waals surface area contributed by atoms with Crippen LogP contribution in [0, 0.1) is 0 Å². The Hall–Kier alpha value is -2.66. The molecule has 5 heteroatoms. The molecule has 0 saturated carbocycles. The molecule has 3 rings (SSSR count). The molecule has 2 N–H and O–H groups in total. The predicted molar refractivity (Wildman–Crippen MR) is 108 cm³/mol. The number of carbonyl (C=O) groups excluding carboxylic acids is 2. The molecule has 0 radical (unpaired) electrons. The van der Waals surface area contributed by atoms with Crippen molar-refractivity contribution in [3.8, 4) is 0 Å². The molecule has 2 unspecified atom stereocenters. The molecule has 1 heterocycles. The summed E-state index contributed by atoms with van der Waals surface area (Å²) in [6, 6.07) is 17.9. The molecular formula is C22H27N3O2. The zero-order valence-corrected chi connectivity index (χ0v) is 15.9. The molecule has 2 aromatic carbocycles. The van der Waals surface area contributed by atoms with Gasteiger partial charge in [-0.2, -0.15) is 0 Å². The SMILES string of the molecule is CCN(CC)C(CNC(=O)C1CC(=O)Nc2ccccc21)c1ccccc1. The molecule has 5 nitrogen and oxygen atoms in total. The van der Waals surface area contributed by atoms with Crippen LogP contribution >= 0.6 is 0 Å². The van der Waals surface area contributed by atoms with Crippen LogP contribution < -0.4 is 10.6 Å². The first kappa shape index (κ1) is 19.1. The maximum absolute atomic E-state index is 12.9. The third-order valence-electron chi connectivity index (χ3n) is 5.22. The first-order chi connectivity index (χ1) is 13.1. The summed E-state index contributed by atoms with van der Waals surface area (Å²) in [6.07, 6.45) is 0.185. The molecule has 0 bridgehead atoms. The Morgan fingerprint density at radius 2 is 1.78 bits per heavy atom. The molecule has 2 amide bonds. The molecule has 1 aliphatic heterocycles. The van der Waals surface area contributed by atoms with Crippen LogP contribution in [0.15, 0.2) is 54.6 Å². The van der Waals surface area contributed by atoms with Crippen LogP contribution in [0.5, 0.6) is 0 Å². The molecule has 142 valence electrons. The van der Waals surface area contributed by atoms with Gasteiger partial charge in [-0.3, -0.25) is 14.5 Å².